The molecule has 0 aromatic heterocycles. The van der Waals surface area contributed by atoms with Crippen molar-refractivity contribution in [3.63, 3.8) is 0 Å². The lowest BCUT2D eigenvalue weighted by molar-refractivity contribution is -0.153. The Bertz CT molecular complexity index is 260. The molecule has 0 aromatic carbocycles. The first-order chi connectivity index (χ1) is 8.38. The van der Waals surface area contributed by atoms with E-state index in [9.17, 15) is 9.59 Å². The van der Waals surface area contributed by atoms with Crippen LogP contribution in [0.2, 0.25) is 0 Å². The van der Waals surface area contributed by atoms with Crippen LogP contribution in [0.25, 0.3) is 0 Å². The van der Waals surface area contributed by atoms with Crippen molar-refractivity contribution in [3.8, 4) is 0 Å². The highest BCUT2D eigenvalue weighted by atomic mass is 79.9. The fourth-order valence-electron chi connectivity index (χ4n) is 1.09. The molecule has 6 heteroatoms. The van der Waals surface area contributed by atoms with Crippen molar-refractivity contribution >= 4 is 27.9 Å². The molecule has 106 valence electrons. The summed E-state index contributed by atoms with van der Waals surface area (Å²) >= 11 is 3.17. The fraction of sp³-hybridized carbons (Fsp3) is 0.833. The van der Waals surface area contributed by atoms with Gasteiger partial charge >= 0.3 is 11.9 Å². The maximum Gasteiger partial charge on any atom is 0.322 e. The van der Waals surface area contributed by atoms with Crippen molar-refractivity contribution in [2.45, 2.75) is 43.9 Å². The average Bonchev–Trinajstić information content (AvgIpc) is 2.28. The lowest BCUT2D eigenvalue weighted by atomic mass is 10.2. The molecule has 0 saturated carbocycles. The number of esters is 2. The monoisotopic (exact) mass is 324 g/mol. The van der Waals surface area contributed by atoms with E-state index < -0.39 is 4.32 Å². The number of halogens is 1. The van der Waals surface area contributed by atoms with Gasteiger partial charge in [-0.3, -0.25) is 9.59 Å². The van der Waals surface area contributed by atoms with Gasteiger partial charge in [-0.05, 0) is 26.7 Å². The van der Waals surface area contributed by atoms with E-state index in [0.29, 0.717) is 19.3 Å². The number of hydrogen-bond donors (Lipinski definition) is 1. The van der Waals surface area contributed by atoms with Crippen LogP contribution in [-0.4, -0.2) is 41.2 Å². The third kappa shape index (κ3) is 9.41. The van der Waals surface area contributed by atoms with Crippen molar-refractivity contribution in [2.24, 2.45) is 0 Å². The lowest BCUT2D eigenvalue weighted by Crippen LogP contribution is -2.28. The van der Waals surface area contributed by atoms with Gasteiger partial charge in [-0.25, -0.2) is 0 Å². The van der Waals surface area contributed by atoms with Gasteiger partial charge in [0.05, 0.1) is 0 Å². The van der Waals surface area contributed by atoms with Crippen LogP contribution in [0, 0.1) is 0 Å². The highest BCUT2D eigenvalue weighted by molar-refractivity contribution is 9.10. The highest BCUT2D eigenvalue weighted by Gasteiger charge is 2.25. The molecule has 0 saturated heterocycles. The van der Waals surface area contributed by atoms with Gasteiger partial charge in [0.1, 0.15) is 17.5 Å². The zero-order chi connectivity index (χ0) is 14.0. The van der Waals surface area contributed by atoms with E-state index in [1.54, 1.807) is 13.8 Å². The molecule has 0 heterocycles. The molecule has 0 rings (SSSR count). The van der Waals surface area contributed by atoms with Crippen LogP contribution in [0.1, 0.15) is 39.5 Å². The summed E-state index contributed by atoms with van der Waals surface area (Å²) < 4.78 is 9.07. The first-order valence-corrected chi connectivity index (χ1v) is 6.80. The first-order valence-electron chi connectivity index (χ1n) is 6.00. The second kappa shape index (κ2) is 9.33. The van der Waals surface area contributed by atoms with Crippen LogP contribution in [-0.2, 0) is 19.1 Å². The molecule has 0 fully saturated rings. The minimum absolute atomic E-state index is 0.0657. The van der Waals surface area contributed by atoms with Gasteiger partial charge < -0.3 is 14.6 Å². The van der Waals surface area contributed by atoms with Gasteiger partial charge in [-0.2, -0.15) is 0 Å². The van der Waals surface area contributed by atoms with Gasteiger partial charge in [0.25, 0.3) is 0 Å². The van der Waals surface area contributed by atoms with Gasteiger partial charge in [-0.15, -0.1) is 0 Å². The van der Waals surface area contributed by atoms with E-state index >= 15 is 0 Å². The summed E-state index contributed by atoms with van der Waals surface area (Å²) in [5.41, 5.74) is 0. The predicted molar refractivity (Wildman–Crippen MR) is 70.5 cm³/mol. The third-order valence-electron chi connectivity index (χ3n) is 2.10. The van der Waals surface area contributed by atoms with Crippen LogP contribution < -0.4 is 0 Å². The molecule has 0 radical (unpaired) electrons. The van der Waals surface area contributed by atoms with Crippen LogP contribution in [0.4, 0.5) is 0 Å². The van der Waals surface area contributed by atoms with Gasteiger partial charge in [0.2, 0.25) is 0 Å². The fourth-order valence-corrected chi connectivity index (χ4v) is 1.21. The molecule has 18 heavy (non-hydrogen) atoms. The van der Waals surface area contributed by atoms with E-state index in [1.165, 1.54) is 0 Å². The smallest absolute Gasteiger partial charge is 0.322 e. The van der Waals surface area contributed by atoms with Crippen molar-refractivity contribution in [1.29, 1.82) is 0 Å². The van der Waals surface area contributed by atoms with Gasteiger partial charge in [0.15, 0.2) is 0 Å². The van der Waals surface area contributed by atoms with Crippen molar-refractivity contribution in [2.75, 3.05) is 19.8 Å². The SMILES string of the molecule is CC(C)(Br)C(=O)OCCOC(=O)CCCCCO. The lowest BCUT2D eigenvalue weighted by Gasteiger charge is -2.14. The average molecular weight is 325 g/mol. The maximum absolute atomic E-state index is 11.3. The second-order valence-electron chi connectivity index (χ2n) is 4.36. The molecule has 5 nitrogen and oxygen atoms in total. The number of alkyl halides is 1. The molecule has 0 amide bonds. The predicted octanol–water partition coefficient (Wildman–Crippen LogP) is 1.80. The summed E-state index contributed by atoms with van der Waals surface area (Å²) in [6.45, 7) is 3.65. The maximum atomic E-state index is 11.3. The Morgan fingerprint density at radius 2 is 1.72 bits per heavy atom. The number of carbonyl (C=O) groups excluding carboxylic acids is 2. The Balaban J connectivity index is 3.49. The zero-order valence-electron chi connectivity index (χ0n) is 10.9. The molecule has 0 atom stereocenters. The van der Waals surface area contributed by atoms with E-state index in [0.717, 1.165) is 6.42 Å². The Labute approximate surface area is 116 Å². The largest absolute Gasteiger partial charge is 0.462 e. The van der Waals surface area contributed by atoms with E-state index in [4.69, 9.17) is 14.6 Å². The molecule has 0 bridgehead atoms. The number of unbranched alkanes of at least 4 members (excludes halogenated alkanes) is 2. The normalized spacial score (nSPS) is 11.1. The molecule has 0 aliphatic rings. The van der Waals surface area contributed by atoms with Gasteiger partial charge in [-0.1, -0.05) is 22.4 Å². The van der Waals surface area contributed by atoms with Gasteiger partial charge in [0, 0.05) is 13.0 Å². The summed E-state index contributed by atoms with van der Waals surface area (Å²) in [6.07, 6.45) is 2.54. The molecule has 0 spiro atoms. The van der Waals surface area contributed by atoms with Crippen LogP contribution in [0.15, 0.2) is 0 Å². The summed E-state index contributed by atoms with van der Waals surface area (Å²) in [4.78, 5) is 22.5. The Morgan fingerprint density at radius 1 is 1.11 bits per heavy atom. The topological polar surface area (TPSA) is 72.8 Å². The third-order valence-corrected chi connectivity index (χ3v) is 2.43. The van der Waals surface area contributed by atoms with Crippen molar-refractivity contribution in [3.05, 3.63) is 0 Å². The molecule has 0 aromatic rings. The summed E-state index contributed by atoms with van der Waals surface area (Å²) in [7, 11) is 0. The minimum atomic E-state index is -0.721. The Hall–Kier alpha value is -0.620. The second-order valence-corrected chi connectivity index (χ2v) is 6.35. The zero-order valence-corrected chi connectivity index (χ0v) is 12.5. The number of aliphatic hydroxyl groups is 1. The van der Waals surface area contributed by atoms with Crippen molar-refractivity contribution < 1.29 is 24.2 Å². The molecule has 0 aliphatic heterocycles. The number of carbonyl (C=O) groups is 2. The standard InChI is InChI=1S/C12H21BrO5/c1-12(2,13)11(16)18-9-8-17-10(15)6-4-3-5-7-14/h14H,3-9H2,1-2H3. The van der Waals surface area contributed by atoms with E-state index in [2.05, 4.69) is 15.9 Å². The van der Waals surface area contributed by atoms with Crippen molar-refractivity contribution in [1.82, 2.24) is 0 Å². The minimum Gasteiger partial charge on any atom is -0.462 e. The van der Waals surface area contributed by atoms with Crippen LogP contribution in [0.3, 0.4) is 0 Å². The molecule has 0 unspecified atom stereocenters. The van der Waals surface area contributed by atoms with Crippen LogP contribution in [0.5, 0.6) is 0 Å². The number of aliphatic hydroxyl groups excluding tert-OH is 1. The highest BCUT2D eigenvalue weighted by Crippen LogP contribution is 2.17. The summed E-state index contributed by atoms with van der Waals surface area (Å²) in [6, 6.07) is 0. The molecular formula is C12H21BrO5. The van der Waals surface area contributed by atoms with Crippen LogP contribution >= 0.6 is 15.9 Å². The molecule has 1 N–H and O–H groups in total. The molecular weight excluding hydrogens is 304 g/mol. The first kappa shape index (κ1) is 17.4. The quantitative estimate of drug-likeness (QED) is 0.398. The summed E-state index contributed by atoms with van der Waals surface area (Å²) in [5, 5.41) is 8.55. The Kier molecular flexibility index (Phi) is 9.01. The number of hydrogen-bond acceptors (Lipinski definition) is 5. The summed E-state index contributed by atoms with van der Waals surface area (Å²) in [5.74, 6) is -0.691. The van der Waals surface area contributed by atoms with E-state index in [-0.39, 0.29) is 31.8 Å². The molecule has 0 aliphatic carbocycles. The van der Waals surface area contributed by atoms with E-state index in [1.807, 2.05) is 0 Å². The number of ether oxygens (including phenoxy) is 2. The Morgan fingerprint density at radius 3 is 2.28 bits per heavy atom. The number of rotatable bonds is 9.